The van der Waals surface area contributed by atoms with Crippen LogP contribution in [0, 0.1) is 0 Å². The monoisotopic (exact) mass is 566 g/mol. The Morgan fingerprint density at radius 1 is 0.775 bits per heavy atom. The van der Waals surface area contributed by atoms with Gasteiger partial charge in [0.2, 0.25) is 0 Å². The first kappa shape index (κ1) is 25.4. The molecule has 2 aliphatic heterocycles. The lowest BCUT2D eigenvalue weighted by atomic mass is 9.85. The molecule has 6 nitrogen and oxygen atoms in total. The first-order valence-corrected chi connectivity index (χ1v) is 15.7. The second-order valence-corrected chi connectivity index (χ2v) is 12.5. The highest BCUT2D eigenvalue weighted by molar-refractivity contribution is 7.17. The number of aromatic nitrogens is 2. The fourth-order valence-electron chi connectivity index (χ4n) is 5.76. The number of thiazole rings is 2. The molecule has 2 aromatic heterocycles. The van der Waals surface area contributed by atoms with Gasteiger partial charge in [0.05, 0.1) is 33.9 Å². The molecule has 7 rings (SSSR count). The Labute approximate surface area is 241 Å². The first-order valence-electron chi connectivity index (χ1n) is 14.1. The van der Waals surface area contributed by atoms with Gasteiger partial charge in [-0.15, -0.1) is 11.3 Å². The van der Waals surface area contributed by atoms with E-state index in [9.17, 15) is 9.90 Å². The number of piperidine rings is 2. The minimum absolute atomic E-state index is 0.189. The number of carbonyl (C=O) groups is 1. The van der Waals surface area contributed by atoms with Crippen molar-refractivity contribution in [3.8, 4) is 22.5 Å². The SMILES string of the molecule is O=C1C(c2sc(N3CCCCC3)nc2-c2ccccc2)=C([O-])/C1=c1/sc(=C2CC[NH2+]CC2)nc1-c1ccccc1. The lowest BCUT2D eigenvalue weighted by Gasteiger charge is -2.30. The van der Waals surface area contributed by atoms with Crippen LogP contribution in [0.2, 0.25) is 0 Å². The number of quaternary nitrogens is 1. The van der Waals surface area contributed by atoms with Gasteiger partial charge in [-0.1, -0.05) is 77.8 Å². The van der Waals surface area contributed by atoms with Crippen LogP contribution < -0.4 is 24.5 Å². The summed E-state index contributed by atoms with van der Waals surface area (Å²) >= 11 is 2.98. The normalized spacial score (nSPS) is 19.2. The molecule has 0 amide bonds. The van der Waals surface area contributed by atoms with E-state index in [0.29, 0.717) is 9.41 Å². The van der Waals surface area contributed by atoms with Crippen molar-refractivity contribution in [2.45, 2.75) is 32.1 Å². The quantitative estimate of drug-likeness (QED) is 0.411. The van der Waals surface area contributed by atoms with Crippen LogP contribution in [0.3, 0.4) is 0 Å². The Kier molecular flexibility index (Phi) is 6.83. The summed E-state index contributed by atoms with van der Waals surface area (Å²) in [6, 6.07) is 19.8. The Balaban J connectivity index is 1.41. The number of hydrogen-bond donors (Lipinski definition) is 1. The van der Waals surface area contributed by atoms with E-state index in [2.05, 4.69) is 10.2 Å². The summed E-state index contributed by atoms with van der Waals surface area (Å²) in [5, 5.41) is 17.2. The number of benzene rings is 2. The van der Waals surface area contributed by atoms with Crippen molar-refractivity contribution in [3.05, 3.63) is 80.5 Å². The van der Waals surface area contributed by atoms with Crippen LogP contribution in [0.1, 0.15) is 37.0 Å². The zero-order valence-electron chi connectivity index (χ0n) is 22.2. The molecule has 2 N–H and O–H groups in total. The summed E-state index contributed by atoms with van der Waals surface area (Å²) in [5.74, 6) is -0.379. The van der Waals surface area contributed by atoms with Crippen LogP contribution in [-0.2, 0) is 4.79 Å². The summed E-state index contributed by atoms with van der Waals surface area (Å²) in [6.45, 7) is 4.00. The molecule has 0 bridgehead atoms. The molecule has 0 unspecified atom stereocenters. The first-order chi connectivity index (χ1) is 19.7. The van der Waals surface area contributed by atoms with Crippen molar-refractivity contribution in [2.75, 3.05) is 31.1 Å². The second kappa shape index (κ2) is 10.8. The molecule has 2 aromatic carbocycles. The van der Waals surface area contributed by atoms with E-state index in [4.69, 9.17) is 9.97 Å². The van der Waals surface area contributed by atoms with Gasteiger partial charge in [0, 0.05) is 48.2 Å². The van der Waals surface area contributed by atoms with Crippen molar-refractivity contribution >= 4 is 50.3 Å². The molecule has 4 heterocycles. The predicted octanol–water partition coefficient (Wildman–Crippen LogP) is 2.94. The number of carbonyl (C=O) groups excluding carboxylic acids is 1. The fourth-order valence-corrected chi connectivity index (χ4v) is 8.17. The van der Waals surface area contributed by atoms with Crippen molar-refractivity contribution in [1.82, 2.24) is 9.97 Å². The lowest BCUT2D eigenvalue weighted by Crippen LogP contribution is -2.85. The van der Waals surface area contributed by atoms with E-state index < -0.39 is 0 Å². The number of anilines is 1. The molecular weight excluding hydrogens is 537 g/mol. The Bertz CT molecular complexity index is 1720. The highest BCUT2D eigenvalue weighted by Gasteiger charge is 2.35. The van der Waals surface area contributed by atoms with Crippen LogP contribution in [-0.4, -0.2) is 41.9 Å². The third-order valence-corrected chi connectivity index (χ3v) is 10.2. The summed E-state index contributed by atoms with van der Waals surface area (Å²) in [7, 11) is 0. The van der Waals surface area contributed by atoms with Crippen LogP contribution in [0.4, 0.5) is 5.13 Å². The van der Waals surface area contributed by atoms with Gasteiger partial charge in [-0.25, -0.2) is 9.97 Å². The topological polar surface area (TPSA) is 85.8 Å². The molecule has 0 spiro atoms. The lowest BCUT2D eigenvalue weighted by molar-refractivity contribution is -0.656. The van der Waals surface area contributed by atoms with Crippen LogP contribution >= 0.6 is 22.7 Å². The molecule has 40 heavy (non-hydrogen) atoms. The number of hydrogen-bond acceptors (Lipinski definition) is 7. The maximum absolute atomic E-state index is 13.9. The van der Waals surface area contributed by atoms with Crippen molar-refractivity contribution in [2.24, 2.45) is 0 Å². The third kappa shape index (κ3) is 4.50. The molecule has 2 fully saturated rings. The predicted molar refractivity (Wildman–Crippen MR) is 160 cm³/mol. The van der Waals surface area contributed by atoms with Crippen LogP contribution in [0.25, 0.3) is 39.2 Å². The Morgan fingerprint density at radius 3 is 2.08 bits per heavy atom. The number of nitrogens with two attached hydrogens (primary N) is 1. The average molecular weight is 567 g/mol. The largest absolute Gasteiger partial charge is 0.871 e. The maximum Gasteiger partial charge on any atom is 0.194 e. The van der Waals surface area contributed by atoms with Gasteiger partial charge in [-0.3, -0.25) is 4.79 Å². The minimum Gasteiger partial charge on any atom is -0.871 e. The van der Waals surface area contributed by atoms with Crippen molar-refractivity contribution in [1.29, 1.82) is 0 Å². The smallest absolute Gasteiger partial charge is 0.194 e. The molecule has 2 saturated heterocycles. The molecular formula is C32H30N4O2S2. The van der Waals surface area contributed by atoms with Gasteiger partial charge >= 0.3 is 0 Å². The molecule has 1 aliphatic carbocycles. The van der Waals surface area contributed by atoms with E-state index in [-0.39, 0.29) is 22.7 Å². The fraction of sp³-hybridized carbons (Fsp3) is 0.281. The standard InChI is InChI=1S/C32H30N4O2S2/c37-27-23(29-25(20-10-4-1-5-11-20)34-31(39-29)22-14-16-33-17-15-22)28(38)24(27)30-26(21-12-6-2-7-13-21)35-32(40-30)36-18-8-3-9-19-36/h1-2,4-7,10-13,33,37H,3,8-9,14-19H2/b29-23-. The second-order valence-electron chi connectivity index (χ2n) is 10.5. The summed E-state index contributed by atoms with van der Waals surface area (Å²) in [6.07, 6.45) is 5.46. The Hall–Kier alpha value is -3.59. The zero-order valence-corrected chi connectivity index (χ0v) is 23.8. The molecule has 0 atom stereocenters. The molecule has 3 aliphatic rings. The zero-order chi connectivity index (χ0) is 27.1. The van der Waals surface area contributed by atoms with E-state index in [1.54, 1.807) is 0 Å². The number of Topliss-reactive ketones (excluding diaryl/α,β-unsaturated/α-hetero) is 1. The molecule has 202 valence electrons. The molecule has 0 radical (unpaired) electrons. The molecule has 4 aromatic rings. The van der Waals surface area contributed by atoms with E-state index >= 15 is 0 Å². The van der Waals surface area contributed by atoms with E-state index in [0.717, 1.165) is 84.2 Å². The van der Waals surface area contributed by atoms with Gasteiger partial charge in [0.25, 0.3) is 0 Å². The average Bonchev–Trinajstić information content (AvgIpc) is 3.65. The Morgan fingerprint density at radius 2 is 1.43 bits per heavy atom. The van der Waals surface area contributed by atoms with Gasteiger partial charge in [0.15, 0.2) is 10.9 Å². The minimum atomic E-state index is -0.189. The highest BCUT2D eigenvalue weighted by atomic mass is 32.1. The maximum atomic E-state index is 13.9. The number of nitrogens with zero attached hydrogens (tertiary/aromatic N) is 3. The molecule has 8 heteroatoms. The summed E-state index contributed by atoms with van der Waals surface area (Å²) in [5.41, 5.74) is 5.17. The third-order valence-electron chi connectivity index (χ3n) is 7.93. The van der Waals surface area contributed by atoms with Crippen molar-refractivity contribution in [3.63, 3.8) is 0 Å². The van der Waals surface area contributed by atoms with Gasteiger partial charge in [-0.05, 0) is 24.8 Å². The van der Waals surface area contributed by atoms with Crippen LogP contribution in [0.5, 0.6) is 0 Å². The van der Waals surface area contributed by atoms with Crippen molar-refractivity contribution < 1.29 is 15.2 Å². The summed E-state index contributed by atoms with van der Waals surface area (Å²) < 4.78 is 1.66. The van der Waals surface area contributed by atoms with Gasteiger partial charge < -0.3 is 15.3 Å². The number of ketones is 1. The number of allylic oxidation sites excluding steroid dienone is 2. The molecule has 0 saturated carbocycles. The summed E-state index contributed by atoms with van der Waals surface area (Å²) in [4.78, 5) is 27.0. The van der Waals surface area contributed by atoms with E-state index in [1.807, 2.05) is 60.7 Å². The van der Waals surface area contributed by atoms with Gasteiger partial charge in [0.1, 0.15) is 4.66 Å². The van der Waals surface area contributed by atoms with Gasteiger partial charge in [-0.2, -0.15) is 0 Å². The van der Waals surface area contributed by atoms with Crippen LogP contribution in [0.15, 0.2) is 66.4 Å². The van der Waals surface area contributed by atoms with E-state index in [1.165, 1.54) is 34.7 Å². The highest BCUT2D eigenvalue weighted by Crippen LogP contribution is 2.45. The number of rotatable bonds is 4.